The number of nitrogen functional groups attached to an aromatic ring is 3. The van der Waals surface area contributed by atoms with Gasteiger partial charge in [-0.1, -0.05) is 48.5 Å². The van der Waals surface area contributed by atoms with E-state index < -0.39 is 161 Å². The van der Waals surface area contributed by atoms with Gasteiger partial charge in [-0.15, -0.1) is 63.5 Å². The first-order chi connectivity index (χ1) is 51.5. The molecule has 19 N–H and O–H groups in total. The van der Waals surface area contributed by atoms with Gasteiger partial charge in [-0.2, -0.15) is 30.4 Å². The number of sulfone groups is 3. The normalized spacial score (nSPS) is 11.7. The number of amides is 4. The number of hydrogen-bond donors (Lipinski definition) is 13. The molecule has 0 bridgehead atoms. The molecule has 0 unspecified atom stereocenters. The van der Waals surface area contributed by atoms with E-state index in [1.807, 2.05) is 0 Å². The quantitative estimate of drug-likeness (QED) is 0.0248. The molecule has 43 nitrogen and oxygen atoms in total. The Hall–Kier alpha value is -11.5. The molecule has 594 valence electrons. The van der Waals surface area contributed by atoms with Gasteiger partial charge in [0.1, 0.15) is 43.1 Å². The van der Waals surface area contributed by atoms with Crippen molar-refractivity contribution in [2.75, 3.05) is 59.6 Å². The summed E-state index contributed by atoms with van der Waals surface area (Å²) in [6, 6.07) is 31.5. The number of nitrogens with two attached hydrogens (primary N) is 6. The highest BCUT2D eigenvalue weighted by molar-refractivity contribution is 7.92. The number of azo groups is 3. The number of benzene rings is 9. The van der Waals surface area contributed by atoms with E-state index in [0.29, 0.717) is 22.5 Å². The zero-order chi connectivity index (χ0) is 83.9. The molecule has 52 heteroatoms. The summed E-state index contributed by atoms with van der Waals surface area (Å²) >= 11 is 0. The molecule has 4 amide bonds. The molecule has 111 heavy (non-hydrogen) atoms. The first-order valence-electron chi connectivity index (χ1n) is 29.5. The first-order valence-corrected chi connectivity index (χ1v) is 41.7. The third-order valence-electron chi connectivity index (χ3n) is 13.8. The average molecular weight is 1720 g/mol. The van der Waals surface area contributed by atoms with Gasteiger partial charge >= 0.3 is 37.9 Å². The number of anilines is 4. The van der Waals surface area contributed by atoms with E-state index in [1.165, 1.54) is 133 Å². The predicted molar refractivity (Wildman–Crippen MR) is 392 cm³/mol. The molecule has 0 fully saturated rings. The number of carbonyl (C=O) groups is 3. The lowest BCUT2D eigenvalue weighted by atomic mass is 10.1. The van der Waals surface area contributed by atoms with Gasteiger partial charge in [-0.3, -0.25) is 23.2 Å². The van der Waals surface area contributed by atoms with Crippen LogP contribution in [0.3, 0.4) is 0 Å². The second kappa shape index (κ2) is 39.7. The molecular weight excluding hydrogens is 1660 g/mol. The molecule has 9 aromatic carbocycles. The Morgan fingerprint density at radius 1 is 0.369 bits per heavy atom. The molecule has 0 aliphatic heterocycles. The average Bonchev–Trinajstić information content (AvgIpc) is 0.774. The summed E-state index contributed by atoms with van der Waals surface area (Å²) in [5, 5.41) is 53.5. The maximum atomic E-state index is 12.2. The number of urea groups is 1. The molecule has 0 saturated heterocycles. The second-order valence-corrected chi connectivity index (χ2v) is 33.1. The van der Waals surface area contributed by atoms with Gasteiger partial charge in [-0.25, -0.2) is 30.0 Å². The fourth-order valence-corrected chi connectivity index (χ4v) is 15.1. The number of nitrogens with one attached hydrogen (secondary N) is 1. The van der Waals surface area contributed by atoms with Crippen LogP contribution in [0.1, 0.15) is 11.1 Å². The number of aliphatic hydroxyl groups excluding tert-OH is 3. The van der Waals surface area contributed by atoms with E-state index in [2.05, 4.69) is 36.0 Å². The van der Waals surface area contributed by atoms with Crippen LogP contribution in [-0.4, -0.2) is 172 Å². The molecule has 0 saturated carbocycles. The zero-order valence-electron chi connectivity index (χ0n) is 55.8. The minimum atomic E-state index is -4.81. The van der Waals surface area contributed by atoms with Gasteiger partial charge in [0.25, 0.3) is 30.4 Å². The van der Waals surface area contributed by atoms with Crippen molar-refractivity contribution in [1.82, 2.24) is 0 Å². The minimum Gasteiger partial charge on any atom is -0.399 e. The molecule has 0 aliphatic rings. The number of aliphatic hydroxyl groups is 3. The van der Waals surface area contributed by atoms with E-state index >= 15 is 0 Å². The van der Waals surface area contributed by atoms with E-state index in [1.54, 1.807) is 12.1 Å². The fourth-order valence-electron chi connectivity index (χ4n) is 9.43. The van der Waals surface area contributed by atoms with Gasteiger partial charge in [0.2, 0.25) is 11.8 Å². The number of nitrogens with zero attached hydrogens (tertiary/aromatic N) is 6. The first kappa shape index (κ1) is 91.9. The van der Waals surface area contributed by atoms with E-state index in [9.17, 15) is 78.5 Å². The maximum absolute atomic E-state index is 12.2. The summed E-state index contributed by atoms with van der Waals surface area (Å²) in [6.07, 6.45) is -0.347. The monoisotopic (exact) mass is 1720 g/mol. The van der Waals surface area contributed by atoms with Gasteiger partial charge in [0, 0.05) is 27.5 Å². The standard InChI is InChI=1S/2C20H20N4O7S2.C19H19N5O7S2.3O3S/c21-14-2-6-17(13(9-14)11-19(22)26)23-24-18-5-1-12-10-15(32(27,28)8-7-25)3-4-16(12)20(18)33(29,30)31;21-16-3-1-2-13(11-18(22)26)19(16)24-23-17-7-4-12-10-14(32(27,28)9-8-25)5-6-15(12)20(17)33(29,30)31;20-15-10-12(22-19(21)26)2-6-16(15)23-24-17-5-1-11-9-13(32(27,28)8-7-25)3-4-14(11)18(17)33(29,30)31;3*1-4(2)3/h1-6,9-10,25H,7-8,11,21H2,(H2,22,26)(H,29,30,31);1-7,10,25H,8-9,11,21H2,(H2,22,26)(H,29,30,31);1-6,9-10,25H,7-8,20H2,(H3,21,22,26)(H,29,30,31);;;. The van der Waals surface area contributed by atoms with Crippen molar-refractivity contribution in [3.8, 4) is 0 Å². The van der Waals surface area contributed by atoms with Crippen molar-refractivity contribution in [2.45, 2.75) is 42.2 Å². The molecule has 0 heterocycles. The van der Waals surface area contributed by atoms with Crippen LogP contribution in [0.2, 0.25) is 0 Å². The molecule has 0 aromatic heterocycles. The van der Waals surface area contributed by atoms with Crippen LogP contribution in [0, 0.1) is 0 Å². The fraction of sp³-hybridized carbons (Fsp3) is 0.136. The Bertz CT molecular complexity index is 6230. The number of carbonyl (C=O) groups excluding carboxylic acids is 3. The summed E-state index contributed by atoms with van der Waals surface area (Å²) < 4.78 is 252. The Balaban J connectivity index is 0.000000326. The summed E-state index contributed by atoms with van der Waals surface area (Å²) in [5.74, 6) is -2.75. The van der Waals surface area contributed by atoms with Crippen molar-refractivity contribution >= 4 is 199 Å². The zero-order valence-corrected chi connectivity index (χ0v) is 63.2. The van der Waals surface area contributed by atoms with Crippen LogP contribution in [0.4, 0.5) is 61.7 Å². The number of primary amides is 3. The molecule has 9 rings (SSSR count). The predicted octanol–water partition coefficient (Wildman–Crippen LogP) is 3.08. The van der Waals surface area contributed by atoms with Gasteiger partial charge < -0.3 is 55.0 Å². The lowest BCUT2D eigenvalue weighted by molar-refractivity contribution is -0.118. The Morgan fingerprint density at radius 2 is 0.694 bits per heavy atom. The lowest BCUT2D eigenvalue weighted by Crippen LogP contribution is -2.19. The number of rotatable bonds is 23. The third-order valence-corrected chi connectivity index (χ3v) is 21.7. The summed E-state index contributed by atoms with van der Waals surface area (Å²) in [4.78, 5) is 31.5. The highest BCUT2D eigenvalue weighted by atomic mass is 32.2. The molecule has 0 spiro atoms. The van der Waals surface area contributed by atoms with Crippen molar-refractivity contribution in [3.63, 3.8) is 0 Å². The van der Waals surface area contributed by atoms with Gasteiger partial charge in [0.05, 0.1) is 81.7 Å². The Kier molecular flexibility index (Phi) is 32.9. The number of hydrogen-bond acceptors (Lipinski definition) is 36. The van der Waals surface area contributed by atoms with Gasteiger partial charge in [-0.05, 0) is 124 Å². The SMILES string of the molecule is NC(=O)Cc1cc(N)ccc1N=Nc1ccc2cc(S(=O)(=O)CCO)ccc2c1S(=O)(=O)O.NC(=O)Cc1cccc(N)c1N=Nc1ccc2cc(S(=O)(=O)CCO)ccc2c1S(=O)(=O)O.NC(=O)Nc1ccc(N=Nc2ccc3cc(S(=O)(=O)CCO)ccc3c2S(=O)(=O)O)c(N)c1.O=S(=O)=O.O=S(=O)=O.O=S(=O)=O. The second-order valence-electron chi connectivity index (χ2n) is 21.4. The largest absolute Gasteiger partial charge is 0.425 e. The molecule has 0 radical (unpaired) electrons. The molecular formula is C59H59N13O30S9. The van der Waals surface area contributed by atoms with Crippen molar-refractivity contribution in [2.24, 2.45) is 47.9 Å². The van der Waals surface area contributed by atoms with Crippen LogP contribution < -0.4 is 39.7 Å². The lowest BCUT2D eigenvalue weighted by Gasteiger charge is -2.10. The van der Waals surface area contributed by atoms with E-state index in [4.69, 9.17) is 87.6 Å². The minimum absolute atomic E-state index is 0.00953. The summed E-state index contributed by atoms with van der Waals surface area (Å²) in [7, 11) is -35.1. The van der Waals surface area contributed by atoms with Crippen LogP contribution in [0.5, 0.6) is 0 Å². The van der Waals surface area contributed by atoms with Crippen LogP contribution in [0.25, 0.3) is 32.3 Å². The Morgan fingerprint density at radius 3 is 1.03 bits per heavy atom. The smallest absolute Gasteiger partial charge is 0.399 e. The van der Waals surface area contributed by atoms with Crippen LogP contribution >= 0.6 is 0 Å². The molecule has 0 atom stereocenters. The van der Waals surface area contributed by atoms with E-state index in [-0.39, 0.29) is 105 Å². The highest BCUT2D eigenvalue weighted by Gasteiger charge is 2.26. The summed E-state index contributed by atoms with van der Waals surface area (Å²) in [5.41, 5.74) is 34.5. The Labute approximate surface area is 632 Å². The van der Waals surface area contributed by atoms with Crippen molar-refractivity contribution in [3.05, 3.63) is 157 Å². The van der Waals surface area contributed by atoms with Crippen molar-refractivity contribution < 1.29 is 132 Å². The van der Waals surface area contributed by atoms with Gasteiger partial charge in [0.15, 0.2) is 29.5 Å². The third kappa shape index (κ3) is 27.8. The van der Waals surface area contributed by atoms with Crippen LogP contribution in [0.15, 0.2) is 206 Å². The maximum Gasteiger partial charge on any atom is 0.425 e. The topological polar surface area (TPSA) is 773 Å². The van der Waals surface area contributed by atoms with Crippen molar-refractivity contribution in [1.29, 1.82) is 0 Å². The van der Waals surface area contributed by atoms with E-state index in [0.717, 1.165) is 0 Å². The molecule has 0 aliphatic carbocycles. The summed E-state index contributed by atoms with van der Waals surface area (Å²) in [6.45, 7) is -1.71. The number of fused-ring (bicyclic) bond motifs is 3. The molecule has 9 aromatic rings. The highest BCUT2D eigenvalue weighted by Crippen LogP contribution is 2.40. The van der Waals surface area contributed by atoms with Crippen LogP contribution in [-0.2, 0) is 114 Å².